The Labute approximate surface area is 124 Å². The second kappa shape index (κ2) is 7.14. The van der Waals surface area contributed by atoms with E-state index in [1.54, 1.807) is 7.05 Å². The van der Waals surface area contributed by atoms with Crippen molar-refractivity contribution in [3.8, 4) is 0 Å². The summed E-state index contributed by atoms with van der Waals surface area (Å²) in [7, 11) is 1.60. The standard InChI is InChI=1S/C13H21N5OS/c1-5-6-18(7-10(19)15-4)13-11(12(14)20)8(2)9(3)16-17-13/h5-7H2,1-4H3,(H2,14,20)(H,15,19). The number of amides is 1. The molecule has 0 aliphatic carbocycles. The summed E-state index contributed by atoms with van der Waals surface area (Å²) in [6, 6.07) is 0. The molecule has 1 heterocycles. The Kier molecular flexibility index (Phi) is 5.82. The highest BCUT2D eigenvalue weighted by atomic mass is 32.1. The van der Waals surface area contributed by atoms with Gasteiger partial charge in [0, 0.05) is 13.6 Å². The van der Waals surface area contributed by atoms with Crippen LogP contribution in [0.4, 0.5) is 5.82 Å². The highest BCUT2D eigenvalue weighted by molar-refractivity contribution is 7.80. The van der Waals surface area contributed by atoms with Crippen molar-refractivity contribution >= 4 is 28.9 Å². The van der Waals surface area contributed by atoms with E-state index in [0.29, 0.717) is 17.9 Å². The molecule has 0 aromatic carbocycles. The van der Waals surface area contributed by atoms with Gasteiger partial charge >= 0.3 is 0 Å². The summed E-state index contributed by atoms with van der Waals surface area (Å²) in [5.74, 6) is 0.485. The van der Waals surface area contributed by atoms with E-state index in [9.17, 15) is 4.79 Å². The fourth-order valence-corrected chi connectivity index (χ4v) is 2.14. The SMILES string of the molecule is CCCN(CC(=O)NC)c1nnc(C)c(C)c1C(N)=S. The van der Waals surface area contributed by atoms with Crippen LogP contribution < -0.4 is 16.0 Å². The predicted octanol–water partition coefficient (Wildman–Crippen LogP) is 0.690. The van der Waals surface area contributed by atoms with Gasteiger partial charge in [0.25, 0.3) is 0 Å². The number of carbonyl (C=O) groups excluding carboxylic acids is 1. The van der Waals surface area contributed by atoms with Crippen molar-refractivity contribution in [2.75, 3.05) is 25.0 Å². The van der Waals surface area contributed by atoms with E-state index in [2.05, 4.69) is 15.5 Å². The number of hydrogen-bond acceptors (Lipinski definition) is 5. The van der Waals surface area contributed by atoms with Gasteiger partial charge in [-0.1, -0.05) is 19.1 Å². The highest BCUT2D eigenvalue weighted by Crippen LogP contribution is 2.22. The molecule has 20 heavy (non-hydrogen) atoms. The molecular formula is C13H21N5OS. The average Bonchev–Trinajstić information content (AvgIpc) is 2.40. The summed E-state index contributed by atoms with van der Waals surface area (Å²) in [6.45, 7) is 6.69. The van der Waals surface area contributed by atoms with E-state index < -0.39 is 0 Å². The quantitative estimate of drug-likeness (QED) is 0.751. The molecule has 0 unspecified atom stereocenters. The van der Waals surface area contributed by atoms with Crippen LogP contribution in [0.3, 0.4) is 0 Å². The summed E-state index contributed by atoms with van der Waals surface area (Å²) in [5, 5.41) is 10.9. The number of nitrogens with zero attached hydrogens (tertiary/aromatic N) is 3. The van der Waals surface area contributed by atoms with Crippen LogP contribution in [0.1, 0.15) is 30.2 Å². The summed E-state index contributed by atoms with van der Waals surface area (Å²) in [6.07, 6.45) is 0.877. The monoisotopic (exact) mass is 295 g/mol. The minimum atomic E-state index is -0.0904. The van der Waals surface area contributed by atoms with Gasteiger partial charge in [0.2, 0.25) is 5.91 Å². The second-order valence-corrected chi connectivity index (χ2v) is 5.01. The topological polar surface area (TPSA) is 84.1 Å². The van der Waals surface area contributed by atoms with E-state index in [0.717, 1.165) is 17.7 Å². The minimum absolute atomic E-state index is 0.0904. The lowest BCUT2D eigenvalue weighted by molar-refractivity contribution is -0.119. The maximum atomic E-state index is 11.6. The predicted molar refractivity (Wildman–Crippen MR) is 84.0 cm³/mol. The van der Waals surface area contributed by atoms with Crippen LogP contribution in [-0.4, -0.2) is 41.2 Å². The van der Waals surface area contributed by atoms with Crippen LogP contribution in [0, 0.1) is 13.8 Å². The van der Waals surface area contributed by atoms with Gasteiger partial charge < -0.3 is 16.0 Å². The van der Waals surface area contributed by atoms with Crippen LogP contribution in [0.25, 0.3) is 0 Å². The normalized spacial score (nSPS) is 10.2. The molecule has 1 rings (SSSR count). The Balaban J connectivity index is 3.28. The second-order valence-electron chi connectivity index (χ2n) is 4.57. The zero-order chi connectivity index (χ0) is 15.3. The van der Waals surface area contributed by atoms with Gasteiger partial charge in [-0.25, -0.2) is 0 Å². The van der Waals surface area contributed by atoms with Crippen LogP contribution in [0.15, 0.2) is 0 Å². The fourth-order valence-electron chi connectivity index (χ4n) is 1.89. The number of nitrogens with one attached hydrogen (secondary N) is 1. The van der Waals surface area contributed by atoms with Crippen molar-refractivity contribution in [2.45, 2.75) is 27.2 Å². The molecule has 0 bridgehead atoms. The first-order chi connectivity index (χ1) is 9.42. The lowest BCUT2D eigenvalue weighted by atomic mass is 10.1. The third-order valence-corrected chi connectivity index (χ3v) is 3.29. The van der Waals surface area contributed by atoms with Gasteiger partial charge in [-0.2, -0.15) is 5.10 Å². The van der Waals surface area contributed by atoms with Crippen LogP contribution >= 0.6 is 12.2 Å². The molecule has 110 valence electrons. The molecule has 0 spiro atoms. The number of likely N-dealkylation sites (N-methyl/N-ethyl adjacent to an activating group) is 1. The Bertz CT molecular complexity index is 518. The molecule has 0 atom stereocenters. The Morgan fingerprint density at radius 1 is 1.40 bits per heavy atom. The zero-order valence-electron chi connectivity index (χ0n) is 12.4. The molecule has 0 fully saturated rings. The van der Waals surface area contributed by atoms with Crippen molar-refractivity contribution in [1.82, 2.24) is 15.5 Å². The van der Waals surface area contributed by atoms with E-state index >= 15 is 0 Å². The fraction of sp³-hybridized carbons (Fsp3) is 0.538. The van der Waals surface area contributed by atoms with Gasteiger partial charge in [-0.3, -0.25) is 4.79 Å². The van der Waals surface area contributed by atoms with Gasteiger partial charge in [0.15, 0.2) is 5.82 Å². The van der Waals surface area contributed by atoms with Crippen molar-refractivity contribution in [3.05, 3.63) is 16.8 Å². The van der Waals surface area contributed by atoms with Crippen molar-refractivity contribution < 1.29 is 4.79 Å². The molecule has 6 nitrogen and oxygen atoms in total. The largest absolute Gasteiger partial charge is 0.389 e. The average molecular weight is 295 g/mol. The minimum Gasteiger partial charge on any atom is -0.389 e. The lowest BCUT2D eigenvalue weighted by Crippen LogP contribution is -2.38. The van der Waals surface area contributed by atoms with E-state index in [1.165, 1.54) is 0 Å². The molecule has 0 aliphatic rings. The van der Waals surface area contributed by atoms with E-state index in [4.69, 9.17) is 18.0 Å². The van der Waals surface area contributed by atoms with Gasteiger partial charge in [0.05, 0.1) is 17.8 Å². The molecule has 0 radical (unpaired) electrons. The third kappa shape index (κ3) is 3.63. The number of nitrogens with two attached hydrogens (primary N) is 1. The van der Waals surface area contributed by atoms with Crippen LogP contribution in [0.2, 0.25) is 0 Å². The number of aromatic nitrogens is 2. The van der Waals surface area contributed by atoms with Gasteiger partial charge in [-0.05, 0) is 25.8 Å². The summed E-state index contributed by atoms with van der Waals surface area (Å²) < 4.78 is 0. The molecule has 0 saturated heterocycles. The van der Waals surface area contributed by atoms with Crippen LogP contribution in [0.5, 0.6) is 0 Å². The summed E-state index contributed by atoms with van der Waals surface area (Å²) in [4.78, 5) is 13.8. The maximum absolute atomic E-state index is 11.6. The van der Waals surface area contributed by atoms with Crippen molar-refractivity contribution in [3.63, 3.8) is 0 Å². The van der Waals surface area contributed by atoms with Gasteiger partial charge in [0.1, 0.15) is 4.99 Å². The number of carbonyl (C=O) groups is 1. The zero-order valence-corrected chi connectivity index (χ0v) is 13.2. The first-order valence-corrected chi connectivity index (χ1v) is 6.92. The third-order valence-electron chi connectivity index (χ3n) is 3.09. The Morgan fingerprint density at radius 2 is 2.05 bits per heavy atom. The molecule has 1 aromatic rings. The number of thiocarbonyl (C=S) groups is 1. The first kappa shape index (κ1) is 16.3. The molecule has 3 N–H and O–H groups in total. The Hall–Kier alpha value is -1.76. The molecule has 0 saturated carbocycles. The number of anilines is 1. The molecular weight excluding hydrogens is 274 g/mol. The molecule has 1 amide bonds. The van der Waals surface area contributed by atoms with Crippen molar-refractivity contribution in [1.29, 1.82) is 0 Å². The van der Waals surface area contributed by atoms with Gasteiger partial charge in [-0.15, -0.1) is 5.10 Å². The summed E-state index contributed by atoms with van der Waals surface area (Å²) in [5.41, 5.74) is 8.21. The molecule has 1 aromatic heterocycles. The number of rotatable bonds is 6. The Morgan fingerprint density at radius 3 is 2.55 bits per heavy atom. The lowest BCUT2D eigenvalue weighted by Gasteiger charge is -2.25. The molecule has 0 aliphatic heterocycles. The maximum Gasteiger partial charge on any atom is 0.239 e. The number of aryl methyl sites for hydroxylation is 1. The first-order valence-electron chi connectivity index (χ1n) is 6.51. The molecule has 7 heteroatoms. The smallest absolute Gasteiger partial charge is 0.239 e. The summed E-state index contributed by atoms with van der Waals surface area (Å²) >= 11 is 5.12. The van der Waals surface area contributed by atoms with Crippen molar-refractivity contribution in [2.24, 2.45) is 5.73 Å². The van der Waals surface area contributed by atoms with E-state index in [-0.39, 0.29) is 17.4 Å². The number of hydrogen-bond donors (Lipinski definition) is 2. The van der Waals surface area contributed by atoms with Crippen LogP contribution in [-0.2, 0) is 4.79 Å². The van der Waals surface area contributed by atoms with E-state index in [1.807, 2.05) is 25.7 Å². The highest BCUT2D eigenvalue weighted by Gasteiger charge is 2.20.